The Morgan fingerprint density at radius 1 is 1.36 bits per heavy atom. The van der Waals surface area contributed by atoms with Crippen LogP contribution >= 0.6 is 22.6 Å². The minimum Gasteiger partial charge on any atom is -0.478 e. The minimum absolute atomic E-state index is 0.133. The molecule has 0 radical (unpaired) electrons. The summed E-state index contributed by atoms with van der Waals surface area (Å²) in [5.74, 6) is -0.853. The van der Waals surface area contributed by atoms with Crippen LogP contribution in [0.4, 0.5) is 0 Å². The van der Waals surface area contributed by atoms with Gasteiger partial charge in [-0.1, -0.05) is 26.8 Å². The third kappa shape index (κ3) is 2.26. The lowest BCUT2D eigenvalue weighted by atomic mass is 9.84. The first-order chi connectivity index (χ1) is 6.34. The molecule has 0 fully saturated rings. The molecular formula is C11H13IO2. The molecule has 1 N–H and O–H groups in total. The summed E-state index contributed by atoms with van der Waals surface area (Å²) in [5.41, 5.74) is 1.18. The first-order valence-corrected chi connectivity index (χ1v) is 5.44. The Labute approximate surface area is 97.5 Å². The summed E-state index contributed by atoms with van der Waals surface area (Å²) in [6, 6.07) is 5.37. The zero-order valence-electron chi connectivity index (χ0n) is 8.47. The molecule has 0 aromatic heterocycles. The molecule has 76 valence electrons. The second-order valence-corrected chi connectivity index (χ2v) is 5.38. The van der Waals surface area contributed by atoms with Crippen molar-refractivity contribution in [1.29, 1.82) is 0 Å². The Balaban J connectivity index is 3.45. The standard InChI is InChI=1S/C11H13IO2/c1-11(2,3)9-7(10(13)14)5-4-6-8(9)12/h4-6H,1-3H3,(H,13,14). The zero-order valence-corrected chi connectivity index (χ0v) is 10.6. The molecule has 0 amide bonds. The predicted molar refractivity (Wildman–Crippen MR) is 64.8 cm³/mol. The maximum atomic E-state index is 11.0. The van der Waals surface area contributed by atoms with E-state index in [1.807, 2.05) is 26.8 Å². The lowest BCUT2D eigenvalue weighted by Crippen LogP contribution is -2.18. The summed E-state index contributed by atoms with van der Waals surface area (Å²) in [6.45, 7) is 6.07. The number of carboxylic acids is 1. The van der Waals surface area contributed by atoms with Gasteiger partial charge in [0.05, 0.1) is 5.56 Å². The van der Waals surface area contributed by atoms with Crippen molar-refractivity contribution in [2.24, 2.45) is 0 Å². The van der Waals surface area contributed by atoms with Crippen molar-refractivity contribution < 1.29 is 9.90 Å². The van der Waals surface area contributed by atoms with Gasteiger partial charge in [-0.2, -0.15) is 0 Å². The van der Waals surface area contributed by atoms with Crippen molar-refractivity contribution in [3.8, 4) is 0 Å². The van der Waals surface area contributed by atoms with Gasteiger partial charge in [0.15, 0.2) is 0 Å². The van der Waals surface area contributed by atoms with E-state index in [9.17, 15) is 4.79 Å². The average Bonchev–Trinajstić information content (AvgIpc) is 2.01. The second-order valence-electron chi connectivity index (χ2n) is 4.22. The van der Waals surface area contributed by atoms with Crippen LogP contribution in [0.15, 0.2) is 18.2 Å². The number of carboxylic acid groups (broad SMARTS) is 1. The molecule has 0 aliphatic heterocycles. The van der Waals surface area contributed by atoms with E-state index in [1.165, 1.54) is 0 Å². The van der Waals surface area contributed by atoms with Crippen molar-refractivity contribution in [3.05, 3.63) is 32.9 Å². The molecule has 1 aromatic carbocycles. The molecule has 0 aliphatic rings. The van der Waals surface area contributed by atoms with Crippen LogP contribution in [0.3, 0.4) is 0 Å². The van der Waals surface area contributed by atoms with Gasteiger partial charge in [-0.15, -0.1) is 0 Å². The van der Waals surface area contributed by atoms with Crippen LogP contribution in [-0.4, -0.2) is 11.1 Å². The number of hydrogen-bond acceptors (Lipinski definition) is 1. The summed E-state index contributed by atoms with van der Waals surface area (Å²) < 4.78 is 1.01. The fourth-order valence-electron chi connectivity index (χ4n) is 1.46. The number of carbonyl (C=O) groups is 1. The molecule has 0 atom stereocenters. The number of benzene rings is 1. The second kappa shape index (κ2) is 3.88. The molecule has 14 heavy (non-hydrogen) atoms. The van der Waals surface area contributed by atoms with Crippen LogP contribution in [0, 0.1) is 3.57 Å². The number of halogens is 1. The van der Waals surface area contributed by atoms with E-state index in [-0.39, 0.29) is 5.41 Å². The number of hydrogen-bond donors (Lipinski definition) is 1. The Morgan fingerprint density at radius 2 is 1.93 bits per heavy atom. The van der Waals surface area contributed by atoms with E-state index in [0.29, 0.717) is 5.56 Å². The van der Waals surface area contributed by atoms with Crippen molar-refractivity contribution in [1.82, 2.24) is 0 Å². The van der Waals surface area contributed by atoms with Crippen molar-refractivity contribution in [3.63, 3.8) is 0 Å². The van der Waals surface area contributed by atoms with E-state index in [0.717, 1.165) is 9.13 Å². The first kappa shape index (κ1) is 11.5. The normalized spacial score (nSPS) is 11.4. The highest BCUT2D eigenvalue weighted by Gasteiger charge is 2.23. The Morgan fingerprint density at radius 3 is 2.29 bits per heavy atom. The third-order valence-corrected chi connectivity index (χ3v) is 2.89. The first-order valence-electron chi connectivity index (χ1n) is 4.36. The van der Waals surface area contributed by atoms with Gasteiger partial charge in [0, 0.05) is 3.57 Å². The summed E-state index contributed by atoms with van der Waals surface area (Å²) in [5, 5.41) is 9.05. The monoisotopic (exact) mass is 304 g/mol. The lowest BCUT2D eigenvalue weighted by molar-refractivity contribution is 0.0694. The van der Waals surface area contributed by atoms with Gasteiger partial charge < -0.3 is 5.11 Å². The molecular weight excluding hydrogens is 291 g/mol. The molecule has 3 heteroatoms. The summed E-state index contributed by atoms with van der Waals surface area (Å²) in [4.78, 5) is 11.0. The van der Waals surface area contributed by atoms with Crippen LogP contribution in [0.2, 0.25) is 0 Å². The van der Waals surface area contributed by atoms with Crippen LogP contribution < -0.4 is 0 Å². The van der Waals surface area contributed by atoms with Gasteiger partial charge in [0.2, 0.25) is 0 Å². The summed E-state index contributed by atoms with van der Waals surface area (Å²) in [6.07, 6.45) is 0. The van der Waals surface area contributed by atoms with Gasteiger partial charge in [-0.3, -0.25) is 0 Å². The number of rotatable bonds is 1. The smallest absolute Gasteiger partial charge is 0.336 e. The van der Waals surface area contributed by atoms with Crippen LogP contribution in [0.5, 0.6) is 0 Å². The van der Waals surface area contributed by atoms with E-state index >= 15 is 0 Å². The Kier molecular flexibility index (Phi) is 3.19. The van der Waals surface area contributed by atoms with Crippen molar-refractivity contribution in [2.75, 3.05) is 0 Å². The van der Waals surface area contributed by atoms with Crippen LogP contribution in [0.25, 0.3) is 0 Å². The lowest BCUT2D eigenvalue weighted by Gasteiger charge is -2.22. The molecule has 0 saturated carbocycles. The van der Waals surface area contributed by atoms with Gasteiger partial charge in [-0.25, -0.2) is 4.79 Å². The van der Waals surface area contributed by atoms with Crippen molar-refractivity contribution in [2.45, 2.75) is 26.2 Å². The third-order valence-electron chi connectivity index (χ3n) is 1.99. The van der Waals surface area contributed by atoms with Crippen LogP contribution in [-0.2, 0) is 5.41 Å². The number of aromatic carboxylic acids is 1. The Bertz CT molecular complexity index is 364. The Hall–Kier alpha value is -0.580. The fraction of sp³-hybridized carbons (Fsp3) is 0.364. The van der Waals surface area contributed by atoms with E-state index in [1.54, 1.807) is 12.1 Å². The summed E-state index contributed by atoms with van der Waals surface area (Å²) in [7, 11) is 0. The highest BCUT2D eigenvalue weighted by molar-refractivity contribution is 14.1. The highest BCUT2D eigenvalue weighted by atomic mass is 127. The molecule has 0 aliphatic carbocycles. The highest BCUT2D eigenvalue weighted by Crippen LogP contribution is 2.30. The summed E-state index contributed by atoms with van der Waals surface area (Å²) >= 11 is 2.18. The molecule has 1 aromatic rings. The molecule has 0 bridgehead atoms. The van der Waals surface area contributed by atoms with Gasteiger partial charge >= 0.3 is 5.97 Å². The fourth-order valence-corrected chi connectivity index (χ4v) is 2.77. The topological polar surface area (TPSA) is 37.3 Å². The molecule has 1 rings (SSSR count). The quantitative estimate of drug-likeness (QED) is 0.808. The average molecular weight is 304 g/mol. The molecule has 0 unspecified atom stereocenters. The largest absolute Gasteiger partial charge is 0.478 e. The van der Waals surface area contributed by atoms with Gasteiger partial charge in [0.25, 0.3) is 0 Å². The molecule has 0 saturated heterocycles. The zero-order chi connectivity index (χ0) is 10.9. The van der Waals surface area contributed by atoms with E-state index in [4.69, 9.17) is 5.11 Å². The molecule has 0 spiro atoms. The van der Waals surface area contributed by atoms with Gasteiger partial charge in [0.1, 0.15) is 0 Å². The minimum atomic E-state index is -0.853. The van der Waals surface area contributed by atoms with Crippen LogP contribution in [0.1, 0.15) is 36.7 Å². The maximum Gasteiger partial charge on any atom is 0.336 e. The van der Waals surface area contributed by atoms with E-state index in [2.05, 4.69) is 22.6 Å². The van der Waals surface area contributed by atoms with E-state index < -0.39 is 5.97 Å². The SMILES string of the molecule is CC(C)(C)c1c(I)cccc1C(=O)O. The van der Waals surface area contributed by atoms with Crippen molar-refractivity contribution >= 4 is 28.6 Å². The maximum absolute atomic E-state index is 11.0. The molecule has 2 nitrogen and oxygen atoms in total. The van der Waals surface area contributed by atoms with Gasteiger partial charge in [-0.05, 0) is 45.7 Å². The predicted octanol–water partition coefficient (Wildman–Crippen LogP) is 3.29. The molecule has 0 heterocycles.